The van der Waals surface area contributed by atoms with Gasteiger partial charge in [0.2, 0.25) is 23.6 Å². The zero-order valence-corrected chi connectivity index (χ0v) is 21.0. The predicted molar refractivity (Wildman–Crippen MR) is 127 cm³/mol. The molecule has 0 spiro atoms. The quantitative estimate of drug-likeness (QED) is 0.415. The van der Waals surface area contributed by atoms with Gasteiger partial charge in [0.05, 0.1) is 0 Å². The molecule has 0 aromatic heterocycles. The van der Waals surface area contributed by atoms with Crippen molar-refractivity contribution < 1.29 is 38.7 Å². The largest absolute Gasteiger partial charge is 0.480 e. The van der Waals surface area contributed by atoms with Gasteiger partial charge in [-0.05, 0) is 19.4 Å². The van der Waals surface area contributed by atoms with E-state index in [1.165, 1.54) is 16.7 Å². The van der Waals surface area contributed by atoms with Gasteiger partial charge in [-0.15, -0.1) is 11.8 Å². The summed E-state index contributed by atoms with van der Waals surface area (Å²) in [4.78, 5) is 89.6. The lowest BCUT2D eigenvalue weighted by molar-refractivity contribution is -0.161. The Bertz CT molecular complexity index is 1200. The second-order valence-electron chi connectivity index (χ2n) is 9.36. The number of carboxylic acid groups (broad SMARTS) is 1. The number of nitrogens with zero attached hydrogens (tertiary/aromatic N) is 3. The van der Waals surface area contributed by atoms with E-state index in [1.807, 2.05) is 0 Å². The number of carbonyl (C=O) groups excluding carboxylic acids is 6. The zero-order chi connectivity index (χ0) is 27.2. The second-order valence-corrected chi connectivity index (χ2v) is 11.1. The van der Waals surface area contributed by atoms with Crippen molar-refractivity contribution in [3.63, 3.8) is 0 Å². The molecular formula is C23H25N5O8S. The first kappa shape index (κ1) is 26.1. The number of piperazine rings is 1. The molecule has 0 aliphatic carbocycles. The number of rotatable bonds is 5. The van der Waals surface area contributed by atoms with Crippen molar-refractivity contribution in [2.45, 2.75) is 49.0 Å². The van der Waals surface area contributed by atoms with Crippen LogP contribution in [0.1, 0.15) is 32.4 Å². The Morgan fingerprint density at radius 2 is 1.62 bits per heavy atom. The van der Waals surface area contributed by atoms with Crippen molar-refractivity contribution >= 4 is 53.3 Å². The average Bonchev–Trinajstić information content (AvgIpc) is 3.10. The summed E-state index contributed by atoms with van der Waals surface area (Å²) < 4.78 is -0.784. The molecule has 37 heavy (non-hydrogen) atoms. The third-order valence-electron chi connectivity index (χ3n) is 6.45. The van der Waals surface area contributed by atoms with E-state index in [1.54, 1.807) is 44.2 Å². The molecule has 14 heteroatoms. The molecule has 1 aromatic rings. The van der Waals surface area contributed by atoms with E-state index < -0.39 is 82.9 Å². The van der Waals surface area contributed by atoms with Crippen LogP contribution in [0.4, 0.5) is 4.79 Å². The van der Waals surface area contributed by atoms with Gasteiger partial charge < -0.3 is 20.6 Å². The Morgan fingerprint density at radius 1 is 1.03 bits per heavy atom. The maximum absolute atomic E-state index is 13.3. The third-order valence-corrected chi connectivity index (χ3v) is 8.02. The van der Waals surface area contributed by atoms with Gasteiger partial charge in [-0.25, -0.2) is 9.59 Å². The van der Waals surface area contributed by atoms with Gasteiger partial charge in [0.15, 0.2) is 0 Å². The summed E-state index contributed by atoms with van der Waals surface area (Å²) in [7, 11) is 0. The number of fused-ring (bicyclic) bond motifs is 1. The van der Waals surface area contributed by atoms with Crippen LogP contribution in [0.2, 0.25) is 0 Å². The fourth-order valence-electron chi connectivity index (χ4n) is 4.62. The predicted octanol–water partition coefficient (Wildman–Crippen LogP) is -0.714. The van der Waals surface area contributed by atoms with E-state index in [2.05, 4.69) is 10.6 Å². The van der Waals surface area contributed by atoms with Crippen molar-refractivity contribution in [1.29, 1.82) is 0 Å². The SMILES string of the molecule is CC(=O)N1CC(=O)N(C(=O)NC(C(=O)N[C@@H]2C(=O)N3[C@@H]2SC(C)(C)[C@@H]3C(=O)O)c2ccccc2)CC1=O. The lowest BCUT2D eigenvalue weighted by atomic mass is 9.95. The van der Waals surface area contributed by atoms with Gasteiger partial charge in [-0.2, -0.15) is 0 Å². The van der Waals surface area contributed by atoms with Crippen LogP contribution in [0.3, 0.4) is 0 Å². The number of carboxylic acids is 1. The molecule has 3 aliphatic heterocycles. The minimum absolute atomic E-state index is 0.348. The first-order valence-electron chi connectivity index (χ1n) is 11.3. The Morgan fingerprint density at radius 3 is 2.22 bits per heavy atom. The van der Waals surface area contributed by atoms with Crippen LogP contribution >= 0.6 is 11.8 Å². The molecule has 7 amide bonds. The van der Waals surface area contributed by atoms with Crippen molar-refractivity contribution in [3.8, 4) is 0 Å². The molecule has 3 aliphatic rings. The molecule has 0 saturated carbocycles. The van der Waals surface area contributed by atoms with Gasteiger partial charge in [-0.3, -0.25) is 33.8 Å². The van der Waals surface area contributed by atoms with E-state index >= 15 is 0 Å². The standard InChI is InChI=1S/C23H25N5O8S/c1-11(29)26-9-14(31)27(10-13(26)30)22(36)25-15(12-7-5-4-6-8-12)18(32)24-16-19(33)28-17(21(34)35)23(2,3)37-20(16)28/h4-8,15-17,20H,9-10H2,1-3H3,(H,24,32)(H,25,36)(H,34,35)/t15?,16-,17+,20-/m1/s1. The lowest BCUT2D eigenvalue weighted by Gasteiger charge is -2.44. The lowest BCUT2D eigenvalue weighted by Crippen LogP contribution is -2.71. The summed E-state index contributed by atoms with van der Waals surface area (Å²) in [5.41, 5.74) is 0.348. The molecule has 3 heterocycles. The minimum Gasteiger partial charge on any atom is -0.480 e. The second kappa shape index (κ2) is 9.50. The van der Waals surface area contributed by atoms with Crippen molar-refractivity contribution in [2.75, 3.05) is 13.1 Å². The van der Waals surface area contributed by atoms with E-state index in [0.717, 1.165) is 11.8 Å². The summed E-state index contributed by atoms with van der Waals surface area (Å²) in [6, 6.07) is 3.67. The van der Waals surface area contributed by atoms with Crippen LogP contribution in [-0.2, 0) is 28.8 Å². The summed E-state index contributed by atoms with van der Waals surface area (Å²) in [6.07, 6.45) is 0. The Balaban J connectivity index is 1.51. The molecule has 3 saturated heterocycles. The summed E-state index contributed by atoms with van der Waals surface area (Å²) in [6.45, 7) is 3.27. The van der Waals surface area contributed by atoms with E-state index in [9.17, 15) is 38.7 Å². The van der Waals surface area contributed by atoms with Crippen LogP contribution in [0.5, 0.6) is 0 Å². The number of nitrogens with one attached hydrogen (secondary N) is 2. The first-order chi connectivity index (χ1) is 17.3. The van der Waals surface area contributed by atoms with E-state index in [0.29, 0.717) is 10.5 Å². The highest BCUT2D eigenvalue weighted by molar-refractivity contribution is 8.01. The smallest absolute Gasteiger partial charge is 0.327 e. The molecule has 0 radical (unpaired) electrons. The maximum Gasteiger partial charge on any atom is 0.327 e. The molecule has 13 nitrogen and oxygen atoms in total. The number of urea groups is 1. The third kappa shape index (κ3) is 4.63. The molecule has 0 bridgehead atoms. The van der Waals surface area contributed by atoms with E-state index in [-0.39, 0.29) is 0 Å². The highest BCUT2D eigenvalue weighted by atomic mass is 32.2. The molecular weight excluding hydrogens is 506 g/mol. The monoisotopic (exact) mass is 531 g/mol. The number of hydrogen-bond acceptors (Lipinski definition) is 8. The van der Waals surface area contributed by atoms with Crippen LogP contribution in [0, 0.1) is 0 Å². The topological polar surface area (TPSA) is 173 Å². The molecule has 1 aromatic carbocycles. The molecule has 3 N–H and O–H groups in total. The van der Waals surface area contributed by atoms with Gasteiger partial charge in [0.25, 0.3) is 5.91 Å². The number of imide groups is 2. The number of amides is 7. The maximum atomic E-state index is 13.3. The molecule has 4 atom stereocenters. The number of carbonyl (C=O) groups is 7. The van der Waals surface area contributed by atoms with Gasteiger partial charge >= 0.3 is 12.0 Å². The van der Waals surface area contributed by atoms with Crippen LogP contribution in [0.25, 0.3) is 0 Å². The minimum atomic E-state index is -1.33. The van der Waals surface area contributed by atoms with Gasteiger partial charge in [0, 0.05) is 11.7 Å². The number of thioether (sulfide) groups is 1. The molecule has 4 rings (SSSR count). The number of hydrogen-bond donors (Lipinski definition) is 3. The molecule has 3 fully saturated rings. The summed E-state index contributed by atoms with van der Waals surface area (Å²) in [5, 5.41) is 14.0. The van der Waals surface area contributed by atoms with Crippen LogP contribution in [-0.4, -0.2) is 96.6 Å². The Labute approximate surface area is 215 Å². The fourth-order valence-corrected chi connectivity index (χ4v) is 6.24. The van der Waals surface area contributed by atoms with Crippen molar-refractivity contribution in [2.24, 2.45) is 0 Å². The number of aliphatic carboxylic acids is 1. The van der Waals surface area contributed by atoms with Crippen LogP contribution < -0.4 is 10.6 Å². The summed E-state index contributed by atoms with van der Waals surface area (Å²) in [5.74, 6) is -4.61. The molecule has 196 valence electrons. The summed E-state index contributed by atoms with van der Waals surface area (Å²) >= 11 is 1.25. The first-order valence-corrected chi connectivity index (χ1v) is 12.2. The fraction of sp³-hybridized carbons (Fsp3) is 0.435. The van der Waals surface area contributed by atoms with Gasteiger partial charge in [-0.1, -0.05) is 30.3 Å². The van der Waals surface area contributed by atoms with Crippen LogP contribution in [0.15, 0.2) is 30.3 Å². The average molecular weight is 532 g/mol. The normalized spacial score (nSPS) is 25.2. The Kier molecular flexibility index (Phi) is 6.71. The number of β-lactam (4-membered cyclic amide) rings is 1. The number of benzene rings is 1. The molecule has 1 unspecified atom stereocenters. The van der Waals surface area contributed by atoms with Gasteiger partial charge in [0.1, 0.15) is 36.6 Å². The Hall–Kier alpha value is -3.94. The van der Waals surface area contributed by atoms with E-state index in [4.69, 9.17) is 0 Å². The highest BCUT2D eigenvalue weighted by Crippen LogP contribution is 2.50. The zero-order valence-electron chi connectivity index (χ0n) is 20.2. The van der Waals surface area contributed by atoms with Crippen molar-refractivity contribution in [1.82, 2.24) is 25.3 Å². The van der Waals surface area contributed by atoms with Crippen molar-refractivity contribution in [3.05, 3.63) is 35.9 Å². The highest BCUT2D eigenvalue weighted by Gasteiger charge is 2.64.